The highest BCUT2D eigenvalue weighted by atomic mass is 35.5. The van der Waals surface area contributed by atoms with Crippen molar-refractivity contribution in [3.05, 3.63) is 71.4 Å². The molecule has 1 heterocycles. The molecule has 0 bridgehead atoms. The van der Waals surface area contributed by atoms with E-state index in [4.69, 9.17) is 25.5 Å². The van der Waals surface area contributed by atoms with E-state index in [2.05, 4.69) is 10.5 Å². The average molecular weight is 385 g/mol. The van der Waals surface area contributed by atoms with E-state index < -0.39 is 0 Å². The molecule has 0 radical (unpaired) electrons. The molecule has 0 spiro atoms. The molecule has 0 unspecified atom stereocenters. The number of carbonyl (C=O) groups excluding carboxylic acids is 1. The molecule has 7 heteroatoms. The second-order valence-electron chi connectivity index (χ2n) is 5.45. The average Bonchev–Trinajstić information content (AvgIpc) is 3.16. The predicted molar refractivity (Wildman–Crippen MR) is 103 cm³/mol. The Morgan fingerprint density at radius 1 is 1.19 bits per heavy atom. The number of hydrazone groups is 1. The molecule has 138 valence electrons. The third-order valence-corrected chi connectivity index (χ3v) is 3.85. The summed E-state index contributed by atoms with van der Waals surface area (Å²) in [5.41, 5.74) is 3.19. The van der Waals surface area contributed by atoms with Crippen molar-refractivity contribution in [3.63, 3.8) is 0 Å². The van der Waals surface area contributed by atoms with Crippen molar-refractivity contribution < 1.29 is 18.7 Å². The maximum atomic E-state index is 11.7. The maximum absolute atomic E-state index is 11.7. The molecule has 2 aromatic carbocycles. The van der Waals surface area contributed by atoms with Crippen LogP contribution in [0.4, 0.5) is 0 Å². The summed E-state index contributed by atoms with van der Waals surface area (Å²) >= 11 is 6.13. The minimum Gasteiger partial charge on any atom is -0.495 e. The number of furan rings is 1. The number of rotatable bonds is 7. The standard InChI is InChI=1S/C20H17ClN2O4/c1-25-19-9-7-14(11-17(19)21)18-10-8-16(27-18)12-22-23-20(24)13-26-15-5-3-2-4-6-15/h2-12H,13H2,1H3,(H,23,24)/b22-12-. The lowest BCUT2D eigenvalue weighted by Gasteiger charge is -2.04. The number of amides is 1. The molecule has 3 rings (SSSR count). The van der Waals surface area contributed by atoms with E-state index >= 15 is 0 Å². The molecule has 0 fully saturated rings. The van der Waals surface area contributed by atoms with Gasteiger partial charge in [-0.15, -0.1) is 0 Å². The molecule has 27 heavy (non-hydrogen) atoms. The van der Waals surface area contributed by atoms with Gasteiger partial charge in [0.2, 0.25) is 0 Å². The molecular weight excluding hydrogens is 368 g/mol. The summed E-state index contributed by atoms with van der Waals surface area (Å²) in [4.78, 5) is 11.7. The van der Waals surface area contributed by atoms with Crippen LogP contribution in [0, 0.1) is 0 Å². The summed E-state index contributed by atoms with van der Waals surface area (Å²) in [6, 6.07) is 18.0. The molecule has 1 aromatic heterocycles. The topological polar surface area (TPSA) is 73.1 Å². The van der Waals surface area contributed by atoms with Gasteiger partial charge in [-0.3, -0.25) is 4.79 Å². The van der Waals surface area contributed by atoms with Crippen molar-refractivity contribution in [2.75, 3.05) is 13.7 Å². The first-order chi connectivity index (χ1) is 13.2. The second-order valence-corrected chi connectivity index (χ2v) is 5.85. The van der Waals surface area contributed by atoms with Crippen molar-refractivity contribution in [2.24, 2.45) is 5.10 Å². The number of para-hydroxylation sites is 1. The summed E-state index contributed by atoms with van der Waals surface area (Å²) in [5.74, 6) is 1.95. The zero-order chi connectivity index (χ0) is 19.1. The lowest BCUT2D eigenvalue weighted by atomic mass is 10.2. The van der Waals surface area contributed by atoms with Gasteiger partial charge in [0, 0.05) is 5.56 Å². The molecule has 3 aromatic rings. The number of hydrogen-bond acceptors (Lipinski definition) is 5. The Morgan fingerprint density at radius 3 is 2.74 bits per heavy atom. The van der Waals surface area contributed by atoms with E-state index in [0.29, 0.717) is 28.0 Å². The van der Waals surface area contributed by atoms with Gasteiger partial charge in [0.05, 0.1) is 18.3 Å². The number of ether oxygens (including phenoxy) is 2. The summed E-state index contributed by atoms with van der Waals surface area (Å²) in [7, 11) is 1.56. The summed E-state index contributed by atoms with van der Waals surface area (Å²) in [6.07, 6.45) is 1.41. The van der Waals surface area contributed by atoms with E-state index in [1.807, 2.05) is 24.3 Å². The Bertz CT molecular complexity index is 938. The fourth-order valence-electron chi connectivity index (χ4n) is 2.26. The van der Waals surface area contributed by atoms with Crippen LogP contribution in [0.15, 0.2) is 70.2 Å². The van der Waals surface area contributed by atoms with Gasteiger partial charge in [-0.1, -0.05) is 29.8 Å². The van der Waals surface area contributed by atoms with Gasteiger partial charge in [-0.05, 0) is 42.5 Å². The quantitative estimate of drug-likeness (QED) is 0.491. The zero-order valence-electron chi connectivity index (χ0n) is 14.5. The van der Waals surface area contributed by atoms with Gasteiger partial charge in [0.1, 0.15) is 23.0 Å². The molecule has 0 saturated heterocycles. The summed E-state index contributed by atoms with van der Waals surface area (Å²) in [6.45, 7) is -0.130. The third-order valence-electron chi connectivity index (χ3n) is 3.56. The summed E-state index contributed by atoms with van der Waals surface area (Å²) < 4.78 is 16.1. The molecule has 1 N–H and O–H groups in total. The van der Waals surface area contributed by atoms with Crippen LogP contribution in [0.3, 0.4) is 0 Å². The highest BCUT2D eigenvalue weighted by Gasteiger charge is 2.07. The lowest BCUT2D eigenvalue weighted by molar-refractivity contribution is -0.123. The number of nitrogens with one attached hydrogen (secondary N) is 1. The van der Waals surface area contributed by atoms with Gasteiger partial charge >= 0.3 is 0 Å². The molecule has 0 aliphatic heterocycles. The van der Waals surface area contributed by atoms with Crippen LogP contribution in [-0.2, 0) is 4.79 Å². The Balaban J connectivity index is 1.54. The van der Waals surface area contributed by atoms with Crippen molar-refractivity contribution in [1.29, 1.82) is 0 Å². The van der Waals surface area contributed by atoms with Crippen molar-refractivity contribution in [2.45, 2.75) is 0 Å². The monoisotopic (exact) mass is 384 g/mol. The molecular formula is C20H17ClN2O4. The lowest BCUT2D eigenvalue weighted by Crippen LogP contribution is -2.24. The van der Waals surface area contributed by atoms with E-state index in [1.54, 1.807) is 43.5 Å². The van der Waals surface area contributed by atoms with Crippen LogP contribution in [-0.4, -0.2) is 25.8 Å². The first-order valence-corrected chi connectivity index (χ1v) is 8.47. The minimum atomic E-state index is -0.371. The number of hydrogen-bond donors (Lipinski definition) is 1. The molecule has 0 saturated carbocycles. The van der Waals surface area contributed by atoms with Crippen LogP contribution < -0.4 is 14.9 Å². The largest absolute Gasteiger partial charge is 0.495 e. The van der Waals surface area contributed by atoms with E-state index in [-0.39, 0.29) is 12.5 Å². The Morgan fingerprint density at radius 2 is 2.00 bits per heavy atom. The first kappa shape index (κ1) is 18.5. The van der Waals surface area contributed by atoms with Crippen molar-refractivity contribution in [3.8, 4) is 22.8 Å². The highest BCUT2D eigenvalue weighted by Crippen LogP contribution is 2.30. The van der Waals surface area contributed by atoms with E-state index in [1.165, 1.54) is 6.21 Å². The smallest absolute Gasteiger partial charge is 0.277 e. The van der Waals surface area contributed by atoms with Crippen LogP contribution in [0.25, 0.3) is 11.3 Å². The Hall–Kier alpha value is -3.25. The van der Waals surface area contributed by atoms with Gasteiger partial charge in [0.25, 0.3) is 5.91 Å². The third kappa shape index (κ3) is 5.12. The van der Waals surface area contributed by atoms with Crippen LogP contribution in [0.5, 0.6) is 11.5 Å². The number of nitrogens with zero attached hydrogens (tertiary/aromatic N) is 1. The fourth-order valence-corrected chi connectivity index (χ4v) is 2.52. The van der Waals surface area contributed by atoms with E-state index in [0.717, 1.165) is 5.56 Å². The molecule has 6 nitrogen and oxygen atoms in total. The van der Waals surface area contributed by atoms with Gasteiger partial charge in [-0.25, -0.2) is 5.43 Å². The fraction of sp³-hybridized carbons (Fsp3) is 0.100. The second kappa shape index (κ2) is 8.91. The van der Waals surface area contributed by atoms with Gasteiger partial charge in [-0.2, -0.15) is 5.10 Å². The number of methoxy groups -OCH3 is 1. The van der Waals surface area contributed by atoms with Crippen LogP contribution in [0.2, 0.25) is 5.02 Å². The number of benzene rings is 2. The van der Waals surface area contributed by atoms with E-state index in [9.17, 15) is 4.79 Å². The zero-order valence-corrected chi connectivity index (χ0v) is 15.3. The van der Waals surface area contributed by atoms with Crippen molar-refractivity contribution in [1.82, 2.24) is 5.43 Å². The molecule has 0 aliphatic carbocycles. The first-order valence-electron chi connectivity index (χ1n) is 8.09. The number of carbonyl (C=O) groups is 1. The normalized spacial score (nSPS) is 10.7. The molecule has 0 aliphatic rings. The molecule has 0 atom stereocenters. The SMILES string of the molecule is COc1ccc(-c2ccc(/C=N\NC(=O)COc3ccccc3)o2)cc1Cl. The Labute approximate surface area is 161 Å². The summed E-state index contributed by atoms with van der Waals surface area (Å²) in [5, 5.41) is 4.35. The van der Waals surface area contributed by atoms with Gasteiger partial charge < -0.3 is 13.9 Å². The van der Waals surface area contributed by atoms with Crippen molar-refractivity contribution >= 4 is 23.7 Å². The van der Waals surface area contributed by atoms with Gasteiger partial charge in [0.15, 0.2) is 6.61 Å². The van der Waals surface area contributed by atoms with Crippen LogP contribution in [0.1, 0.15) is 5.76 Å². The Kier molecular flexibility index (Phi) is 6.12. The molecule has 1 amide bonds. The van der Waals surface area contributed by atoms with Crippen LogP contribution >= 0.6 is 11.6 Å². The minimum absolute atomic E-state index is 0.130. The maximum Gasteiger partial charge on any atom is 0.277 e. The highest BCUT2D eigenvalue weighted by molar-refractivity contribution is 6.32. The number of halogens is 1. The predicted octanol–water partition coefficient (Wildman–Crippen LogP) is 4.14.